The summed E-state index contributed by atoms with van der Waals surface area (Å²) < 4.78 is 33.2. The Morgan fingerprint density at radius 2 is 0.948 bits per heavy atom. The van der Waals surface area contributed by atoms with Gasteiger partial charge in [-0.3, -0.25) is 18.6 Å². The lowest BCUT2D eigenvalue weighted by atomic mass is 10.0. The van der Waals surface area contributed by atoms with Crippen LogP contribution in [0, 0.1) is 0 Å². The van der Waals surface area contributed by atoms with Crippen molar-refractivity contribution < 1.29 is 37.6 Å². The predicted molar refractivity (Wildman–Crippen MR) is 243 cm³/mol. The lowest BCUT2D eigenvalue weighted by Gasteiger charge is -2.20. The van der Waals surface area contributed by atoms with Crippen LogP contribution >= 0.6 is 7.82 Å². The maximum absolute atomic E-state index is 12.6. The van der Waals surface area contributed by atoms with Crippen LogP contribution in [0.3, 0.4) is 0 Å². The van der Waals surface area contributed by atoms with Gasteiger partial charge < -0.3 is 19.7 Å². The molecule has 9 nitrogen and oxygen atoms in total. The van der Waals surface area contributed by atoms with Crippen molar-refractivity contribution in [2.24, 2.45) is 0 Å². The van der Waals surface area contributed by atoms with E-state index in [1.54, 1.807) is 7.05 Å². The normalized spacial score (nSPS) is 13.5. The van der Waals surface area contributed by atoms with Crippen molar-refractivity contribution in [1.29, 1.82) is 0 Å². The van der Waals surface area contributed by atoms with Crippen molar-refractivity contribution in [1.82, 2.24) is 5.32 Å². The number of nitrogens with one attached hydrogen (secondary N) is 1. The van der Waals surface area contributed by atoms with E-state index < -0.39 is 26.5 Å². The zero-order valence-electron chi connectivity index (χ0n) is 37.7. The summed E-state index contributed by atoms with van der Waals surface area (Å²) in [4.78, 5) is 35.1. The van der Waals surface area contributed by atoms with Gasteiger partial charge in [-0.2, -0.15) is 0 Å². The summed E-state index contributed by atoms with van der Waals surface area (Å²) in [5, 5.41) is 2.82. The number of hydrogen-bond acceptors (Lipinski definition) is 8. The number of esters is 2. The fourth-order valence-electron chi connectivity index (χ4n) is 6.63. The minimum Gasteiger partial charge on any atom is -0.462 e. The van der Waals surface area contributed by atoms with Crippen LogP contribution in [-0.2, 0) is 32.7 Å². The number of phosphoric acid groups is 1. The highest BCUT2D eigenvalue weighted by Crippen LogP contribution is 2.43. The van der Waals surface area contributed by atoms with E-state index in [2.05, 4.69) is 55.6 Å². The van der Waals surface area contributed by atoms with E-state index in [1.807, 2.05) is 0 Å². The molecule has 2 atom stereocenters. The highest BCUT2D eigenvalue weighted by molar-refractivity contribution is 7.47. The van der Waals surface area contributed by atoms with Crippen LogP contribution in [0.15, 0.2) is 36.5 Å². The maximum Gasteiger partial charge on any atom is 0.472 e. The molecule has 2 unspecified atom stereocenters. The first-order chi connectivity index (χ1) is 28.3. The Morgan fingerprint density at radius 1 is 0.534 bits per heavy atom. The van der Waals surface area contributed by atoms with Gasteiger partial charge >= 0.3 is 19.8 Å². The molecule has 0 bridgehead atoms. The molecule has 0 radical (unpaired) electrons. The van der Waals surface area contributed by atoms with Crippen LogP contribution in [0.5, 0.6) is 0 Å². The first-order valence-electron chi connectivity index (χ1n) is 23.9. The van der Waals surface area contributed by atoms with Crippen molar-refractivity contribution in [2.45, 2.75) is 225 Å². The molecule has 0 heterocycles. The fourth-order valence-corrected chi connectivity index (χ4v) is 7.38. The summed E-state index contributed by atoms with van der Waals surface area (Å²) in [7, 11) is -2.67. The number of ether oxygens (including phenoxy) is 2. The molecule has 10 heteroatoms. The molecule has 0 saturated carbocycles. The van der Waals surface area contributed by atoms with E-state index in [4.69, 9.17) is 18.5 Å². The summed E-state index contributed by atoms with van der Waals surface area (Å²) in [6, 6.07) is 0. The van der Waals surface area contributed by atoms with E-state index in [-0.39, 0.29) is 32.0 Å². The van der Waals surface area contributed by atoms with Crippen molar-refractivity contribution in [3.05, 3.63) is 36.5 Å². The minimum atomic E-state index is -4.36. The van der Waals surface area contributed by atoms with Crippen LogP contribution in [0.2, 0.25) is 0 Å². The Morgan fingerprint density at radius 3 is 1.43 bits per heavy atom. The molecule has 0 aliphatic heterocycles. The lowest BCUT2D eigenvalue weighted by molar-refractivity contribution is -0.161. The third-order valence-electron chi connectivity index (χ3n) is 10.3. The molecule has 58 heavy (non-hydrogen) atoms. The highest BCUT2D eigenvalue weighted by atomic mass is 31.2. The number of rotatable bonds is 45. The van der Waals surface area contributed by atoms with Gasteiger partial charge in [-0.25, -0.2) is 4.57 Å². The molecule has 0 aromatic rings. The molecule has 0 aliphatic carbocycles. The van der Waals surface area contributed by atoms with Gasteiger partial charge in [-0.05, 0) is 52.0 Å². The lowest BCUT2D eigenvalue weighted by Crippen LogP contribution is -2.29. The number of allylic oxidation sites excluding steroid dienone is 6. The second-order valence-corrected chi connectivity index (χ2v) is 17.4. The number of unbranched alkanes of at least 4 members (excludes halogenated alkanes) is 25. The number of phosphoric ester groups is 1. The first kappa shape index (κ1) is 56.2. The molecule has 0 amide bonds. The molecule has 0 aromatic heterocycles. The number of hydrogen-bond donors (Lipinski definition) is 2. The Balaban J connectivity index is 4.21. The molecule has 0 aliphatic rings. The third-order valence-corrected chi connectivity index (χ3v) is 11.2. The largest absolute Gasteiger partial charge is 0.472 e. The molecule has 0 fully saturated rings. The third kappa shape index (κ3) is 43.8. The number of carbonyl (C=O) groups excluding carboxylic acids is 2. The van der Waals surface area contributed by atoms with E-state index in [9.17, 15) is 19.0 Å². The van der Waals surface area contributed by atoms with Gasteiger partial charge in [0.25, 0.3) is 0 Å². The smallest absolute Gasteiger partial charge is 0.462 e. The average Bonchev–Trinajstić information content (AvgIpc) is 3.21. The summed E-state index contributed by atoms with van der Waals surface area (Å²) in [5.41, 5.74) is 0. The molecule has 0 aromatic carbocycles. The SMILES string of the molecule is CCCCCCCC/C=C\C/C=C\C/C=C\CCCC(=O)OC(COC(=O)CCCCCCCCCCCCCCCCCCCCC)COP(=O)(O)OCCNC. The van der Waals surface area contributed by atoms with Crippen molar-refractivity contribution in [3.8, 4) is 0 Å². The van der Waals surface area contributed by atoms with Gasteiger partial charge in [-0.1, -0.05) is 198 Å². The molecule has 0 spiro atoms. The summed E-state index contributed by atoms with van der Waals surface area (Å²) >= 11 is 0. The monoisotopic (exact) mass is 840 g/mol. The molecule has 340 valence electrons. The zero-order valence-corrected chi connectivity index (χ0v) is 38.6. The van der Waals surface area contributed by atoms with Crippen LogP contribution in [0.4, 0.5) is 0 Å². The quantitative estimate of drug-likeness (QED) is 0.0267. The van der Waals surface area contributed by atoms with Gasteiger partial charge in [0.15, 0.2) is 6.10 Å². The Labute approximate surface area is 356 Å². The van der Waals surface area contributed by atoms with Crippen molar-refractivity contribution in [3.63, 3.8) is 0 Å². The van der Waals surface area contributed by atoms with E-state index in [0.29, 0.717) is 13.0 Å². The molecule has 0 rings (SSSR count). The van der Waals surface area contributed by atoms with Gasteiger partial charge in [0.05, 0.1) is 13.2 Å². The Bertz CT molecular complexity index is 1050. The van der Waals surface area contributed by atoms with Crippen LogP contribution in [0.25, 0.3) is 0 Å². The number of likely N-dealkylation sites (N-methyl/N-ethyl adjacent to an activating group) is 1. The minimum absolute atomic E-state index is 0.0250. The standard InChI is InChI=1S/C48H90NO8P/c1-4-6-8-10-12-14-16-18-20-22-23-25-26-28-30-32-34-36-38-40-47(50)54-44-46(45-56-58(52,53)55-43-42-49-3)57-48(51)41-39-37-35-33-31-29-27-24-21-19-17-15-13-11-9-7-5-2/h19,21,27,29,33,35,46,49H,4-18,20,22-26,28,30-32,34,36-45H2,1-3H3,(H,52,53)/b21-19-,29-27-,35-33-. The van der Waals surface area contributed by atoms with E-state index in [0.717, 1.165) is 44.9 Å². The maximum atomic E-state index is 12.6. The Kier molecular flexibility index (Phi) is 43.4. The van der Waals surface area contributed by atoms with Gasteiger partial charge in [0, 0.05) is 19.4 Å². The molecule has 2 N–H and O–H groups in total. The van der Waals surface area contributed by atoms with Crippen molar-refractivity contribution >= 4 is 19.8 Å². The average molecular weight is 840 g/mol. The summed E-state index contributed by atoms with van der Waals surface area (Å²) in [6.45, 7) is 4.19. The van der Waals surface area contributed by atoms with Crippen molar-refractivity contribution in [2.75, 3.05) is 33.4 Å². The summed E-state index contributed by atoms with van der Waals surface area (Å²) in [5.74, 6) is -0.859. The van der Waals surface area contributed by atoms with Gasteiger partial charge in [0.1, 0.15) is 6.61 Å². The zero-order chi connectivity index (χ0) is 42.5. The van der Waals surface area contributed by atoms with E-state index >= 15 is 0 Å². The highest BCUT2D eigenvalue weighted by Gasteiger charge is 2.26. The summed E-state index contributed by atoms with van der Waals surface area (Å²) in [6.07, 6.45) is 49.2. The topological polar surface area (TPSA) is 120 Å². The van der Waals surface area contributed by atoms with Gasteiger partial charge in [0.2, 0.25) is 0 Å². The number of carbonyl (C=O) groups is 2. The Hall–Kier alpha value is -1.77. The fraction of sp³-hybridized carbons (Fsp3) is 0.833. The van der Waals surface area contributed by atoms with Crippen LogP contribution in [-0.4, -0.2) is 56.3 Å². The molecular weight excluding hydrogens is 750 g/mol. The van der Waals surface area contributed by atoms with E-state index in [1.165, 1.54) is 141 Å². The van der Waals surface area contributed by atoms with Gasteiger partial charge in [-0.15, -0.1) is 0 Å². The second kappa shape index (κ2) is 44.8. The molecule has 0 saturated heterocycles. The second-order valence-electron chi connectivity index (χ2n) is 15.9. The van der Waals surface area contributed by atoms with Crippen LogP contribution < -0.4 is 5.32 Å². The molecular formula is C48H90NO8P. The first-order valence-corrected chi connectivity index (χ1v) is 25.4. The predicted octanol–water partition coefficient (Wildman–Crippen LogP) is 14.0. The van der Waals surface area contributed by atoms with Crippen LogP contribution in [0.1, 0.15) is 219 Å².